The maximum absolute atomic E-state index is 12.5. The van der Waals surface area contributed by atoms with E-state index in [0.717, 1.165) is 37.2 Å². The molecule has 1 heterocycles. The first kappa shape index (κ1) is 13.4. The summed E-state index contributed by atoms with van der Waals surface area (Å²) in [6.07, 6.45) is -3.37. The number of hydrogen-bond acceptors (Lipinski definition) is 2. The van der Waals surface area contributed by atoms with Gasteiger partial charge in [0.2, 0.25) is 0 Å². The Morgan fingerprint density at radius 1 is 1.22 bits per heavy atom. The Balaban J connectivity index is 2.18. The molecule has 5 heteroatoms. The van der Waals surface area contributed by atoms with Gasteiger partial charge in [-0.05, 0) is 30.7 Å². The van der Waals surface area contributed by atoms with Gasteiger partial charge in [0.05, 0.1) is 11.7 Å². The average Bonchev–Trinajstić information content (AvgIpc) is 2.38. The van der Waals surface area contributed by atoms with Crippen molar-refractivity contribution in [2.45, 2.75) is 24.6 Å². The molecule has 18 heavy (non-hydrogen) atoms. The molecule has 0 saturated carbocycles. The number of rotatable bonds is 2. The average molecular weight is 259 g/mol. The van der Waals surface area contributed by atoms with E-state index in [2.05, 4.69) is 5.32 Å². The molecule has 0 bridgehead atoms. The fourth-order valence-corrected chi connectivity index (χ4v) is 2.38. The Labute approximate surface area is 104 Å². The minimum absolute atomic E-state index is 0.0236. The number of hydrogen-bond donors (Lipinski definition) is 1. The molecular weight excluding hydrogens is 243 g/mol. The largest absolute Gasteiger partial charge is 0.416 e. The smallest absolute Gasteiger partial charge is 0.379 e. The van der Waals surface area contributed by atoms with E-state index < -0.39 is 11.7 Å². The first-order chi connectivity index (χ1) is 8.52. The van der Waals surface area contributed by atoms with Gasteiger partial charge in [-0.25, -0.2) is 0 Å². The Bertz CT molecular complexity index is 388. The lowest BCUT2D eigenvalue weighted by Gasteiger charge is -2.31. The summed E-state index contributed by atoms with van der Waals surface area (Å²) in [6.45, 7) is 1.60. The van der Waals surface area contributed by atoms with Crippen molar-refractivity contribution < 1.29 is 17.9 Å². The molecule has 2 nitrogen and oxygen atoms in total. The maximum atomic E-state index is 12.5. The molecule has 0 spiro atoms. The highest BCUT2D eigenvalue weighted by molar-refractivity contribution is 5.28. The molecule has 2 unspecified atom stereocenters. The minimum atomic E-state index is -4.27. The summed E-state index contributed by atoms with van der Waals surface area (Å²) in [6, 6.07) is 5.41. The van der Waals surface area contributed by atoms with Crippen LogP contribution in [0.4, 0.5) is 13.2 Å². The van der Waals surface area contributed by atoms with Crippen LogP contribution in [0.15, 0.2) is 24.3 Å². The highest BCUT2D eigenvalue weighted by Crippen LogP contribution is 2.32. The molecule has 0 amide bonds. The van der Waals surface area contributed by atoms with Crippen molar-refractivity contribution in [1.82, 2.24) is 5.32 Å². The van der Waals surface area contributed by atoms with E-state index in [-0.39, 0.29) is 12.0 Å². The molecular formula is C13H16F3NO. The molecule has 1 aliphatic heterocycles. The van der Waals surface area contributed by atoms with Gasteiger partial charge in [0, 0.05) is 19.6 Å². The van der Waals surface area contributed by atoms with Gasteiger partial charge in [-0.1, -0.05) is 12.1 Å². The van der Waals surface area contributed by atoms with Gasteiger partial charge >= 0.3 is 6.18 Å². The predicted octanol–water partition coefficient (Wildman–Crippen LogP) is 2.80. The topological polar surface area (TPSA) is 21.3 Å². The van der Waals surface area contributed by atoms with Crippen LogP contribution in [-0.4, -0.2) is 26.3 Å². The van der Waals surface area contributed by atoms with Gasteiger partial charge < -0.3 is 10.1 Å². The molecule has 2 atom stereocenters. The van der Waals surface area contributed by atoms with E-state index in [4.69, 9.17) is 4.74 Å². The number of methoxy groups -OCH3 is 1. The van der Waals surface area contributed by atoms with Crippen LogP contribution in [0.1, 0.15) is 23.5 Å². The van der Waals surface area contributed by atoms with Crippen molar-refractivity contribution in [1.29, 1.82) is 0 Å². The molecule has 0 aliphatic carbocycles. The van der Waals surface area contributed by atoms with E-state index in [1.807, 2.05) is 0 Å². The number of benzene rings is 1. The monoisotopic (exact) mass is 259 g/mol. The second-order valence-electron chi connectivity index (χ2n) is 4.49. The first-order valence-corrected chi connectivity index (χ1v) is 5.93. The second-order valence-corrected chi connectivity index (χ2v) is 4.49. The van der Waals surface area contributed by atoms with Gasteiger partial charge in [0.15, 0.2) is 0 Å². The number of alkyl halides is 3. The molecule has 0 aromatic heterocycles. The van der Waals surface area contributed by atoms with Crippen molar-refractivity contribution >= 4 is 0 Å². The maximum Gasteiger partial charge on any atom is 0.416 e. The number of nitrogens with one attached hydrogen (secondary N) is 1. The van der Waals surface area contributed by atoms with Gasteiger partial charge in [-0.3, -0.25) is 0 Å². The van der Waals surface area contributed by atoms with E-state index in [9.17, 15) is 13.2 Å². The molecule has 1 aromatic rings. The fourth-order valence-electron chi connectivity index (χ4n) is 2.38. The van der Waals surface area contributed by atoms with Gasteiger partial charge in [0.1, 0.15) is 0 Å². The van der Waals surface area contributed by atoms with Crippen LogP contribution in [0.3, 0.4) is 0 Å². The molecule has 1 fully saturated rings. The lowest BCUT2D eigenvalue weighted by atomic mass is 9.87. The molecule has 1 aromatic carbocycles. The van der Waals surface area contributed by atoms with Gasteiger partial charge in [0.25, 0.3) is 0 Å². The predicted molar refractivity (Wildman–Crippen MR) is 62.5 cm³/mol. The van der Waals surface area contributed by atoms with Crippen LogP contribution in [0.25, 0.3) is 0 Å². The van der Waals surface area contributed by atoms with Crippen LogP contribution in [-0.2, 0) is 10.9 Å². The standard InChI is InChI=1S/C13H16F3NO/c1-18-12-8-17-7-6-11(12)9-2-4-10(5-3-9)13(14,15)16/h2-5,11-12,17H,6-8H2,1H3. The zero-order valence-corrected chi connectivity index (χ0v) is 10.1. The van der Waals surface area contributed by atoms with E-state index >= 15 is 0 Å². The first-order valence-electron chi connectivity index (χ1n) is 5.93. The van der Waals surface area contributed by atoms with E-state index in [0.29, 0.717) is 0 Å². The Morgan fingerprint density at radius 2 is 1.89 bits per heavy atom. The third-order valence-corrected chi connectivity index (χ3v) is 3.40. The van der Waals surface area contributed by atoms with Crippen molar-refractivity contribution in [3.63, 3.8) is 0 Å². The highest BCUT2D eigenvalue weighted by atomic mass is 19.4. The summed E-state index contributed by atoms with van der Waals surface area (Å²) in [5, 5.41) is 3.22. The second kappa shape index (κ2) is 5.28. The number of ether oxygens (including phenoxy) is 1. The zero-order valence-electron chi connectivity index (χ0n) is 10.1. The van der Waals surface area contributed by atoms with Crippen molar-refractivity contribution in [2.75, 3.05) is 20.2 Å². The minimum Gasteiger partial charge on any atom is -0.379 e. The van der Waals surface area contributed by atoms with E-state index in [1.54, 1.807) is 19.2 Å². The Hall–Kier alpha value is -1.07. The van der Waals surface area contributed by atoms with Gasteiger partial charge in [-0.15, -0.1) is 0 Å². The number of halogens is 3. The molecule has 1 N–H and O–H groups in total. The third-order valence-electron chi connectivity index (χ3n) is 3.40. The molecule has 0 radical (unpaired) electrons. The summed E-state index contributed by atoms with van der Waals surface area (Å²) in [4.78, 5) is 0. The quantitative estimate of drug-likeness (QED) is 0.881. The number of piperidine rings is 1. The van der Waals surface area contributed by atoms with Crippen LogP contribution < -0.4 is 5.32 Å². The fraction of sp³-hybridized carbons (Fsp3) is 0.538. The summed E-state index contributed by atoms with van der Waals surface area (Å²) in [5.41, 5.74) is 0.311. The highest BCUT2D eigenvalue weighted by Gasteiger charge is 2.31. The molecule has 1 saturated heterocycles. The molecule has 2 rings (SSSR count). The van der Waals surface area contributed by atoms with Crippen LogP contribution in [0.2, 0.25) is 0 Å². The van der Waals surface area contributed by atoms with Gasteiger partial charge in [-0.2, -0.15) is 13.2 Å². The van der Waals surface area contributed by atoms with Crippen molar-refractivity contribution in [3.8, 4) is 0 Å². The van der Waals surface area contributed by atoms with Crippen LogP contribution >= 0.6 is 0 Å². The van der Waals surface area contributed by atoms with Crippen molar-refractivity contribution in [2.24, 2.45) is 0 Å². The SMILES string of the molecule is COC1CNCCC1c1ccc(C(F)(F)F)cc1. The molecule has 1 aliphatic rings. The Morgan fingerprint density at radius 3 is 2.44 bits per heavy atom. The van der Waals surface area contributed by atoms with Crippen LogP contribution in [0, 0.1) is 0 Å². The van der Waals surface area contributed by atoms with E-state index in [1.165, 1.54) is 0 Å². The summed E-state index contributed by atoms with van der Waals surface area (Å²) < 4.78 is 42.8. The lowest BCUT2D eigenvalue weighted by molar-refractivity contribution is -0.137. The summed E-state index contributed by atoms with van der Waals surface area (Å²) >= 11 is 0. The normalized spacial score (nSPS) is 25.1. The lowest BCUT2D eigenvalue weighted by Crippen LogP contribution is -2.40. The Kier molecular flexibility index (Phi) is 3.92. The summed E-state index contributed by atoms with van der Waals surface area (Å²) in [5.74, 6) is 0.165. The van der Waals surface area contributed by atoms with Crippen LogP contribution in [0.5, 0.6) is 0 Å². The van der Waals surface area contributed by atoms with Crippen molar-refractivity contribution in [3.05, 3.63) is 35.4 Å². The zero-order chi connectivity index (χ0) is 13.2. The third kappa shape index (κ3) is 2.84. The molecule has 100 valence electrons. The summed E-state index contributed by atoms with van der Waals surface area (Å²) in [7, 11) is 1.63.